The third-order valence-corrected chi connectivity index (χ3v) is 2.84. The third kappa shape index (κ3) is 2.25. The first kappa shape index (κ1) is 11.1. The highest BCUT2D eigenvalue weighted by Gasteiger charge is 2.20. The van der Waals surface area contributed by atoms with Gasteiger partial charge in [-0.05, 0) is 38.3 Å². The van der Waals surface area contributed by atoms with E-state index in [9.17, 15) is 4.79 Å². The van der Waals surface area contributed by atoms with Crippen molar-refractivity contribution in [2.45, 2.75) is 26.7 Å². The van der Waals surface area contributed by atoms with Crippen molar-refractivity contribution >= 4 is 5.91 Å². The number of carbonyl (C=O) groups excluding carboxylic acids is 1. The molecule has 1 amide bonds. The summed E-state index contributed by atoms with van der Waals surface area (Å²) in [6.45, 7) is 5.34. The van der Waals surface area contributed by atoms with Crippen LogP contribution in [0.4, 0.5) is 0 Å². The van der Waals surface area contributed by atoms with E-state index < -0.39 is 0 Å². The minimum atomic E-state index is -0.0165. The Morgan fingerprint density at radius 1 is 1.31 bits per heavy atom. The van der Waals surface area contributed by atoms with Crippen molar-refractivity contribution in [3.8, 4) is 0 Å². The van der Waals surface area contributed by atoms with E-state index in [1.54, 1.807) is 0 Å². The predicted octanol–water partition coefficient (Wildman–Crippen LogP) is 2.47. The van der Waals surface area contributed by atoms with E-state index in [1.165, 1.54) is 10.6 Å². The van der Waals surface area contributed by atoms with Crippen LogP contribution in [-0.2, 0) is 4.84 Å². The molecule has 0 atom stereocenters. The molecule has 0 aromatic heterocycles. The Morgan fingerprint density at radius 2 is 2.12 bits per heavy atom. The van der Waals surface area contributed by atoms with E-state index in [1.807, 2.05) is 32.0 Å². The number of nitrogens with zero attached hydrogens (tertiary/aromatic N) is 1. The van der Waals surface area contributed by atoms with Gasteiger partial charge in [-0.3, -0.25) is 9.63 Å². The SMILES string of the molecule is Cc1ccc(C(=O)N2CCCCO2)c(C)c1. The highest BCUT2D eigenvalue weighted by atomic mass is 16.7. The molecule has 0 spiro atoms. The predicted molar refractivity (Wildman–Crippen MR) is 62.1 cm³/mol. The van der Waals surface area contributed by atoms with Crippen molar-refractivity contribution in [3.63, 3.8) is 0 Å². The van der Waals surface area contributed by atoms with Crippen LogP contribution in [0.3, 0.4) is 0 Å². The molecule has 0 N–H and O–H groups in total. The second-order valence-electron chi connectivity index (χ2n) is 4.27. The molecule has 3 heteroatoms. The molecule has 1 aromatic carbocycles. The van der Waals surface area contributed by atoms with Crippen LogP contribution >= 0.6 is 0 Å². The van der Waals surface area contributed by atoms with Gasteiger partial charge in [0, 0.05) is 12.1 Å². The van der Waals surface area contributed by atoms with E-state index in [0.29, 0.717) is 13.2 Å². The van der Waals surface area contributed by atoms with Gasteiger partial charge in [-0.15, -0.1) is 0 Å². The molecule has 2 rings (SSSR count). The zero-order chi connectivity index (χ0) is 11.5. The minimum absolute atomic E-state index is 0.0165. The lowest BCUT2D eigenvalue weighted by Crippen LogP contribution is -2.36. The summed E-state index contributed by atoms with van der Waals surface area (Å²) in [6.07, 6.45) is 2.06. The summed E-state index contributed by atoms with van der Waals surface area (Å²) in [5.41, 5.74) is 2.93. The van der Waals surface area contributed by atoms with Gasteiger partial charge in [0.2, 0.25) is 0 Å². The Kier molecular flexibility index (Phi) is 3.25. The van der Waals surface area contributed by atoms with Crippen LogP contribution in [0.1, 0.15) is 34.3 Å². The molecule has 1 fully saturated rings. The lowest BCUT2D eigenvalue weighted by Gasteiger charge is -2.26. The van der Waals surface area contributed by atoms with Gasteiger partial charge in [0.05, 0.1) is 6.61 Å². The number of hydrogen-bond acceptors (Lipinski definition) is 2. The van der Waals surface area contributed by atoms with Crippen LogP contribution in [0, 0.1) is 13.8 Å². The molecule has 0 radical (unpaired) electrons. The fourth-order valence-electron chi connectivity index (χ4n) is 1.94. The Hall–Kier alpha value is -1.35. The molecule has 0 bridgehead atoms. The van der Waals surface area contributed by atoms with E-state index in [2.05, 4.69) is 0 Å². The van der Waals surface area contributed by atoms with Crippen LogP contribution in [0.15, 0.2) is 18.2 Å². The van der Waals surface area contributed by atoms with Gasteiger partial charge in [-0.25, -0.2) is 5.06 Å². The van der Waals surface area contributed by atoms with Crippen LogP contribution in [0.5, 0.6) is 0 Å². The van der Waals surface area contributed by atoms with Crippen molar-refractivity contribution < 1.29 is 9.63 Å². The summed E-state index contributed by atoms with van der Waals surface area (Å²) in [5, 5.41) is 1.49. The molecule has 1 aliphatic rings. The van der Waals surface area contributed by atoms with Gasteiger partial charge in [-0.1, -0.05) is 17.7 Å². The largest absolute Gasteiger partial charge is 0.277 e. The molecule has 0 saturated carbocycles. The Labute approximate surface area is 96.0 Å². The lowest BCUT2D eigenvalue weighted by molar-refractivity contribution is -0.144. The van der Waals surface area contributed by atoms with Gasteiger partial charge < -0.3 is 0 Å². The van der Waals surface area contributed by atoms with Crippen molar-refractivity contribution in [3.05, 3.63) is 34.9 Å². The standard InChI is InChI=1S/C13H17NO2/c1-10-5-6-12(11(2)9-10)13(15)14-7-3-4-8-16-14/h5-6,9H,3-4,7-8H2,1-2H3. The zero-order valence-electron chi connectivity index (χ0n) is 9.82. The second-order valence-corrected chi connectivity index (χ2v) is 4.27. The molecule has 1 aromatic rings. The summed E-state index contributed by atoms with van der Waals surface area (Å²) in [7, 11) is 0. The normalized spacial score (nSPS) is 16.2. The maximum atomic E-state index is 12.1. The van der Waals surface area contributed by atoms with Crippen LogP contribution in [0.25, 0.3) is 0 Å². The fraction of sp³-hybridized carbons (Fsp3) is 0.462. The average Bonchev–Trinajstić information content (AvgIpc) is 2.29. The van der Waals surface area contributed by atoms with E-state index in [0.717, 1.165) is 24.0 Å². The fourth-order valence-corrected chi connectivity index (χ4v) is 1.94. The molecule has 16 heavy (non-hydrogen) atoms. The molecule has 0 unspecified atom stereocenters. The van der Waals surface area contributed by atoms with E-state index in [-0.39, 0.29) is 5.91 Å². The molecule has 3 nitrogen and oxygen atoms in total. The first-order chi connectivity index (χ1) is 7.68. The summed E-state index contributed by atoms with van der Waals surface area (Å²) in [4.78, 5) is 17.5. The topological polar surface area (TPSA) is 29.5 Å². The van der Waals surface area contributed by atoms with E-state index in [4.69, 9.17) is 4.84 Å². The second kappa shape index (κ2) is 4.66. The maximum Gasteiger partial charge on any atom is 0.277 e. The quantitative estimate of drug-likeness (QED) is 0.726. The van der Waals surface area contributed by atoms with Gasteiger partial charge in [0.25, 0.3) is 5.91 Å². The monoisotopic (exact) mass is 219 g/mol. The molecule has 0 aliphatic carbocycles. The smallest absolute Gasteiger partial charge is 0.271 e. The van der Waals surface area contributed by atoms with Crippen LogP contribution < -0.4 is 0 Å². The van der Waals surface area contributed by atoms with Gasteiger partial charge in [-0.2, -0.15) is 0 Å². The number of rotatable bonds is 1. The molecule has 1 heterocycles. The van der Waals surface area contributed by atoms with Gasteiger partial charge in [0.15, 0.2) is 0 Å². The minimum Gasteiger partial charge on any atom is -0.271 e. The summed E-state index contributed by atoms with van der Waals surface area (Å²) < 4.78 is 0. The molecule has 86 valence electrons. The Morgan fingerprint density at radius 3 is 2.75 bits per heavy atom. The third-order valence-electron chi connectivity index (χ3n) is 2.84. The molecular weight excluding hydrogens is 202 g/mol. The number of amides is 1. The molecular formula is C13H17NO2. The van der Waals surface area contributed by atoms with Crippen LogP contribution in [0.2, 0.25) is 0 Å². The highest BCUT2D eigenvalue weighted by molar-refractivity contribution is 5.95. The van der Waals surface area contributed by atoms with Crippen molar-refractivity contribution in [2.75, 3.05) is 13.2 Å². The number of aryl methyl sites for hydroxylation is 2. The Balaban J connectivity index is 2.19. The van der Waals surface area contributed by atoms with Crippen molar-refractivity contribution in [2.24, 2.45) is 0 Å². The zero-order valence-corrected chi connectivity index (χ0v) is 9.82. The van der Waals surface area contributed by atoms with Crippen molar-refractivity contribution in [1.29, 1.82) is 0 Å². The van der Waals surface area contributed by atoms with Gasteiger partial charge >= 0.3 is 0 Å². The average molecular weight is 219 g/mol. The van der Waals surface area contributed by atoms with Crippen LogP contribution in [-0.4, -0.2) is 24.1 Å². The summed E-state index contributed by atoms with van der Waals surface area (Å²) in [6, 6.07) is 5.87. The number of hydroxylamine groups is 2. The molecule has 1 aliphatic heterocycles. The Bertz CT molecular complexity index is 395. The maximum absolute atomic E-state index is 12.1. The molecule has 1 saturated heterocycles. The highest BCUT2D eigenvalue weighted by Crippen LogP contribution is 2.16. The first-order valence-corrected chi connectivity index (χ1v) is 5.70. The first-order valence-electron chi connectivity index (χ1n) is 5.70. The van der Waals surface area contributed by atoms with E-state index >= 15 is 0 Å². The summed E-state index contributed by atoms with van der Waals surface area (Å²) in [5.74, 6) is -0.0165. The number of hydrogen-bond donors (Lipinski definition) is 0. The number of carbonyl (C=O) groups is 1. The number of benzene rings is 1. The van der Waals surface area contributed by atoms with Gasteiger partial charge in [0.1, 0.15) is 0 Å². The van der Waals surface area contributed by atoms with Crippen molar-refractivity contribution in [1.82, 2.24) is 5.06 Å². The lowest BCUT2D eigenvalue weighted by atomic mass is 10.1. The summed E-state index contributed by atoms with van der Waals surface area (Å²) >= 11 is 0.